The van der Waals surface area contributed by atoms with E-state index >= 15 is 0 Å². The first-order chi connectivity index (χ1) is 10.7. The first-order valence-corrected chi connectivity index (χ1v) is 8.20. The fraction of sp³-hybridized carbons (Fsp3) is 0.611. The standard InChI is InChI=1S/C18H28NO3/c1-2-3-4-12-15-18(19(21)22)16-13-10-8-6-5-7-9-11-14-17-20/h5-6,10,13,15H,2-4,7-9,11-12,14,16H2,1H3/b6-5-,13-10-,18-15+. The molecule has 0 aliphatic rings. The van der Waals surface area contributed by atoms with Crippen LogP contribution in [0, 0.1) is 10.1 Å². The molecule has 4 nitrogen and oxygen atoms in total. The zero-order valence-corrected chi connectivity index (χ0v) is 13.6. The second kappa shape index (κ2) is 15.7. The highest BCUT2D eigenvalue weighted by molar-refractivity contribution is 5.50. The lowest BCUT2D eigenvalue weighted by Gasteiger charge is -1.95. The third-order valence-corrected chi connectivity index (χ3v) is 3.25. The maximum absolute atomic E-state index is 10.9. The van der Waals surface area contributed by atoms with Gasteiger partial charge in [-0.15, -0.1) is 0 Å². The molecule has 0 N–H and O–H groups in total. The highest BCUT2D eigenvalue weighted by Gasteiger charge is 2.06. The zero-order chi connectivity index (χ0) is 16.5. The monoisotopic (exact) mass is 306 g/mol. The third-order valence-electron chi connectivity index (χ3n) is 3.25. The van der Waals surface area contributed by atoms with Crippen molar-refractivity contribution in [3.8, 4) is 0 Å². The molecule has 0 fully saturated rings. The number of hydrogen-bond acceptors (Lipinski definition) is 3. The molecule has 0 aromatic heterocycles. The van der Waals surface area contributed by atoms with E-state index in [2.05, 4.69) is 19.1 Å². The number of nitrogens with zero attached hydrogens (tertiary/aromatic N) is 1. The van der Waals surface area contributed by atoms with Gasteiger partial charge in [0.25, 0.3) is 0 Å². The Hall–Kier alpha value is -1.71. The van der Waals surface area contributed by atoms with Crippen LogP contribution in [0.25, 0.3) is 0 Å². The van der Waals surface area contributed by atoms with Crippen LogP contribution in [-0.4, -0.2) is 11.2 Å². The molecule has 0 saturated carbocycles. The Morgan fingerprint density at radius 1 is 1.05 bits per heavy atom. The molecule has 22 heavy (non-hydrogen) atoms. The maximum Gasteiger partial charge on any atom is 0.246 e. The Labute approximate surface area is 134 Å². The van der Waals surface area contributed by atoms with Crippen molar-refractivity contribution in [2.45, 2.75) is 71.1 Å². The van der Waals surface area contributed by atoms with Gasteiger partial charge in [-0.3, -0.25) is 14.9 Å². The van der Waals surface area contributed by atoms with Gasteiger partial charge in [0.05, 0.1) is 11.3 Å². The van der Waals surface area contributed by atoms with E-state index in [1.807, 2.05) is 18.4 Å². The number of carbonyl (C=O) groups excluding carboxylic acids is 1. The number of allylic oxidation sites excluding steroid dienone is 5. The Morgan fingerprint density at radius 2 is 1.77 bits per heavy atom. The van der Waals surface area contributed by atoms with E-state index in [-0.39, 0.29) is 4.92 Å². The summed E-state index contributed by atoms with van der Waals surface area (Å²) in [4.78, 5) is 20.6. The SMILES string of the molecule is CCCCC/C=C(\C/C=C\C/C=C\CCCC[C]=O)[N+](=O)[O-]. The molecule has 0 rings (SSSR count). The fourth-order valence-electron chi connectivity index (χ4n) is 1.95. The van der Waals surface area contributed by atoms with Crippen LogP contribution >= 0.6 is 0 Å². The normalized spacial score (nSPS) is 12.3. The summed E-state index contributed by atoms with van der Waals surface area (Å²) in [5.74, 6) is 0. The summed E-state index contributed by atoms with van der Waals surface area (Å²) in [5.41, 5.74) is 0.293. The van der Waals surface area contributed by atoms with Crippen LogP contribution < -0.4 is 0 Å². The molecule has 0 amide bonds. The van der Waals surface area contributed by atoms with E-state index in [4.69, 9.17) is 0 Å². The van der Waals surface area contributed by atoms with Crippen LogP contribution in [0.1, 0.15) is 71.1 Å². The largest absolute Gasteiger partial charge is 0.291 e. The van der Waals surface area contributed by atoms with Crippen LogP contribution in [0.5, 0.6) is 0 Å². The lowest BCUT2D eigenvalue weighted by molar-refractivity contribution is -0.427. The highest BCUT2D eigenvalue weighted by Crippen LogP contribution is 2.09. The Balaban J connectivity index is 3.88. The molecular formula is C18H28NO3. The highest BCUT2D eigenvalue weighted by atomic mass is 16.6. The van der Waals surface area contributed by atoms with Crippen LogP contribution in [-0.2, 0) is 4.79 Å². The zero-order valence-electron chi connectivity index (χ0n) is 13.6. The molecular weight excluding hydrogens is 278 g/mol. The van der Waals surface area contributed by atoms with Crippen molar-refractivity contribution in [2.24, 2.45) is 0 Å². The summed E-state index contributed by atoms with van der Waals surface area (Å²) < 4.78 is 0. The molecule has 0 unspecified atom stereocenters. The van der Waals surface area contributed by atoms with Gasteiger partial charge in [0.2, 0.25) is 5.70 Å². The van der Waals surface area contributed by atoms with E-state index in [1.54, 1.807) is 6.08 Å². The fourth-order valence-corrected chi connectivity index (χ4v) is 1.95. The van der Waals surface area contributed by atoms with Crippen molar-refractivity contribution in [2.75, 3.05) is 0 Å². The minimum absolute atomic E-state index is 0.282. The van der Waals surface area contributed by atoms with Gasteiger partial charge in [0.15, 0.2) is 6.29 Å². The average Bonchev–Trinajstić information content (AvgIpc) is 2.50. The molecule has 0 aliphatic carbocycles. The molecule has 0 aliphatic heterocycles. The predicted molar refractivity (Wildman–Crippen MR) is 90.9 cm³/mol. The molecule has 0 aromatic carbocycles. The number of hydrogen-bond donors (Lipinski definition) is 0. The van der Waals surface area contributed by atoms with Gasteiger partial charge >= 0.3 is 0 Å². The van der Waals surface area contributed by atoms with Crippen LogP contribution in [0.3, 0.4) is 0 Å². The first kappa shape index (κ1) is 20.3. The molecule has 0 atom stereocenters. The lowest BCUT2D eigenvalue weighted by atomic mass is 10.1. The summed E-state index contributed by atoms with van der Waals surface area (Å²) in [6, 6.07) is 0. The van der Waals surface area contributed by atoms with Gasteiger partial charge in [-0.05, 0) is 44.6 Å². The molecule has 0 aromatic rings. The van der Waals surface area contributed by atoms with E-state index < -0.39 is 0 Å². The van der Waals surface area contributed by atoms with Crippen molar-refractivity contribution in [3.05, 3.63) is 46.2 Å². The number of rotatable bonds is 14. The quantitative estimate of drug-likeness (QED) is 0.189. The van der Waals surface area contributed by atoms with Gasteiger partial charge in [-0.2, -0.15) is 0 Å². The van der Waals surface area contributed by atoms with Crippen molar-refractivity contribution in [3.63, 3.8) is 0 Å². The molecule has 1 radical (unpaired) electrons. The van der Waals surface area contributed by atoms with Crippen molar-refractivity contribution in [1.82, 2.24) is 0 Å². The smallest absolute Gasteiger partial charge is 0.246 e. The molecule has 4 heteroatoms. The van der Waals surface area contributed by atoms with Gasteiger partial charge < -0.3 is 0 Å². The van der Waals surface area contributed by atoms with Gasteiger partial charge in [0.1, 0.15) is 0 Å². The summed E-state index contributed by atoms with van der Waals surface area (Å²) >= 11 is 0. The lowest BCUT2D eigenvalue weighted by Crippen LogP contribution is -1.97. The second-order valence-electron chi connectivity index (χ2n) is 5.22. The molecule has 0 spiro atoms. The minimum Gasteiger partial charge on any atom is -0.291 e. The Morgan fingerprint density at radius 3 is 2.45 bits per heavy atom. The Bertz CT molecular complexity index is 384. The van der Waals surface area contributed by atoms with Crippen LogP contribution in [0.2, 0.25) is 0 Å². The third kappa shape index (κ3) is 13.3. The van der Waals surface area contributed by atoms with Crippen molar-refractivity contribution in [1.29, 1.82) is 0 Å². The minimum atomic E-state index is -0.282. The average molecular weight is 306 g/mol. The van der Waals surface area contributed by atoms with Gasteiger partial charge in [-0.25, -0.2) is 0 Å². The van der Waals surface area contributed by atoms with Crippen LogP contribution in [0.15, 0.2) is 36.1 Å². The van der Waals surface area contributed by atoms with E-state index in [0.29, 0.717) is 18.5 Å². The van der Waals surface area contributed by atoms with Crippen molar-refractivity contribution >= 4 is 6.29 Å². The molecule has 123 valence electrons. The summed E-state index contributed by atoms with van der Waals surface area (Å²) in [6.45, 7) is 2.12. The second-order valence-corrected chi connectivity index (χ2v) is 5.22. The van der Waals surface area contributed by atoms with E-state index in [1.165, 1.54) is 0 Å². The van der Waals surface area contributed by atoms with E-state index in [9.17, 15) is 14.9 Å². The van der Waals surface area contributed by atoms with E-state index in [0.717, 1.165) is 51.4 Å². The van der Waals surface area contributed by atoms with Gasteiger partial charge in [-0.1, -0.05) is 44.1 Å². The molecule has 0 bridgehead atoms. The van der Waals surface area contributed by atoms with Gasteiger partial charge in [0, 0.05) is 6.42 Å². The summed E-state index contributed by atoms with van der Waals surface area (Å²) in [7, 11) is 0. The van der Waals surface area contributed by atoms with Crippen LogP contribution in [0.4, 0.5) is 0 Å². The Kier molecular flexibility index (Phi) is 14.5. The first-order valence-electron chi connectivity index (χ1n) is 8.20. The predicted octanol–water partition coefficient (Wildman–Crippen LogP) is 5.29. The molecule has 0 heterocycles. The summed E-state index contributed by atoms with van der Waals surface area (Å²) in [5, 5.41) is 10.9. The van der Waals surface area contributed by atoms with Crippen molar-refractivity contribution < 1.29 is 9.72 Å². The number of nitro groups is 1. The summed E-state index contributed by atoms with van der Waals surface area (Å²) in [6.07, 6.45) is 20.2. The topological polar surface area (TPSA) is 60.2 Å². The molecule has 0 saturated heterocycles. The maximum atomic E-state index is 10.9. The number of unbranched alkanes of at least 4 members (excludes halogenated alkanes) is 6.